The number of aromatic amines is 1. The predicted molar refractivity (Wildman–Crippen MR) is 126 cm³/mol. The summed E-state index contributed by atoms with van der Waals surface area (Å²) >= 11 is 6.57. The monoisotopic (exact) mass is 467 g/mol. The molecule has 0 spiro atoms. The van der Waals surface area contributed by atoms with Gasteiger partial charge in [0.25, 0.3) is 6.01 Å². The fraction of sp³-hybridized carbons (Fsp3) is 0.0870. The average molecular weight is 468 g/mol. The molecule has 5 rings (SSSR count). The van der Waals surface area contributed by atoms with Crippen molar-refractivity contribution in [3.63, 3.8) is 0 Å². The lowest BCUT2D eigenvalue weighted by atomic mass is 10.0. The zero-order valence-electron chi connectivity index (χ0n) is 17.2. The van der Waals surface area contributed by atoms with E-state index in [0.717, 1.165) is 27.5 Å². The van der Waals surface area contributed by atoms with Crippen LogP contribution < -0.4 is 10.0 Å². The molecule has 162 valence electrons. The van der Waals surface area contributed by atoms with Crippen molar-refractivity contribution in [3.8, 4) is 22.9 Å². The van der Waals surface area contributed by atoms with Crippen LogP contribution in [0.1, 0.15) is 5.56 Å². The first-order valence-corrected chi connectivity index (χ1v) is 11.8. The number of aryl methyl sites for hydroxylation is 2. The Hall–Kier alpha value is -3.09. The van der Waals surface area contributed by atoms with Crippen LogP contribution in [0.5, 0.6) is 11.8 Å². The van der Waals surface area contributed by atoms with E-state index in [0.29, 0.717) is 16.1 Å². The zero-order valence-corrected chi connectivity index (χ0v) is 18.9. The maximum absolute atomic E-state index is 11.7. The SMILES string of the molecule is Cc1ccc(Oc2nc3cc(Cl)c(-c4ccc5c(ccn5C)c4)cc3[nH]2)cc1P(=O)(O)O. The molecule has 0 amide bonds. The van der Waals surface area contributed by atoms with Gasteiger partial charge in [-0.1, -0.05) is 23.7 Å². The molecule has 2 aromatic heterocycles. The number of nitrogens with one attached hydrogen (secondary N) is 1. The van der Waals surface area contributed by atoms with E-state index >= 15 is 0 Å². The minimum atomic E-state index is -4.41. The van der Waals surface area contributed by atoms with Crippen molar-refractivity contribution in [2.75, 3.05) is 0 Å². The highest BCUT2D eigenvalue weighted by Gasteiger charge is 2.21. The molecule has 3 N–H and O–H groups in total. The van der Waals surface area contributed by atoms with E-state index in [1.807, 2.05) is 25.4 Å². The third-order valence-corrected chi connectivity index (χ3v) is 6.88. The van der Waals surface area contributed by atoms with Gasteiger partial charge in [0.2, 0.25) is 0 Å². The lowest BCUT2D eigenvalue weighted by molar-refractivity contribution is 0.386. The molecule has 32 heavy (non-hydrogen) atoms. The quantitative estimate of drug-likeness (QED) is 0.312. The van der Waals surface area contributed by atoms with Gasteiger partial charge < -0.3 is 24.1 Å². The maximum Gasteiger partial charge on any atom is 0.356 e. The molecule has 5 aromatic rings. The van der Waals surface area contributed by atoms with Crippen LogP contribution in [0.2, 0.25) is 5.02 Å². The number of halogens is 1. The molecule has 0 aliphatic carbocycles. The topological polar surface area (TPSA) is 100 Å². The first-order chi connectivity index (χ1) is 15.2. The smallest absolute Gasteiger partial charge is 0.356 e. The highest BCUT2D eigenvalue weighted by atomic mass is 35.5. The van der Waals surface area contributed by atoms with Gasteiger partial charge in [0.05, 0.1) is 21.4 Å². The summed E-state index contributed by atoms with van der Waals surface area (Å²) in [4.78, 5) is 26.6. The maximum atomic E-state index is 11.7. The molecule has 9 heteroatoms. The summed E-state index contributed by atoms with van der Waals surface area (Å²) < 4.78 is 19.5. The Balaban J connectivity index is 1.51. The van der Waals surface area contributed by atoms with Crippen molar-refractivity contribution in [3.05, 3.63) is 71.4 Å². The molecule has 0 fully saturated rings. The first kappa shape index (κ1) is 20.8. The van der Waals surface area contributed by atoms with Gasteiger partial charge in [-0.15, -0.1) is 0 Å². The average Bonchev–Trinajstić information content (AvgIpc) is 3.30. The summed E-state index contributed by atoms with van der Waals surface area (Å²) in [7, 11) is -2.40. The zero-order chi connectivity index (χ0) is 22.6. The number of aromatic nitrogens is 3. The third kappa shape index (κ3) is 3.70. The Labute approximate surface area is 188 Å². The minimum absolute atomic E-state index is 0.0762. The molecule has 0 unspecified atom stereocenters. The van der Waals surface area contributed by atoms with Crippen molar-refractivity contribution in [1.82, 2.24) is 14.5 Å². The third-order valence-electron chi connectivity index (χ3n) is 5.45. The van der Waals surface area contributed by atoms with E-state index in [1.54, 1.807) is 25.1 Å². The summed E-state index contributed by atoms with van der Waals surface area (Å²) in [6.45, 7) is 1.63. The number of ether oxygens (including phenoxy) is 1. The molecule has 0 saturated heterocycles. The van der Waals surface area contributed by atoms with Gasteiger partial charge in [-0.25, -0.2) is 0 Å². The number of benzene rings is 3. The summed E-state index contributed by atoms with van der Waals surface area (Å²) in [5.41, 5.74) is 4.82. The van der Waals surface area contributed by atoms with Crippen LogP contribution in [0.3, 0.4) is 0 Å². The minimum Gasteiger partial charge on any atom is -0.426 e. The molecule has 0 aliphatic heterocycles. The van der Waals surface area contributed by atoms with Crippen LogP contribution in [-0.2, 0) is 11.6 Å². The second-order valence-corrected chi connectivity index (χ2v) is 9.66. The Morgan fingerprint density at radius 3 is 2.69 bits per heavy atom. The number of fused-ring (bicyclic) bond motifs is 2. The van der Waals surface area contributed by atoms with Gasteiger partial charge in [-0.2, -0.15) is 4.98 Å². The summed E-state index contributed by atoms with van der Waals surface area (Å²) in [6, 6.07) is 16.7. The van der Waals surface area contributed by atoms with Crippen LogP contribution >= 0.6 is 19.2 Å². The van der Waals surface area contributed by atoms with Crippen molar-refractivity contribution in [1.29, 1.82) is 0 Å². The number of nitrogens with zero attached hydrogens (tertiary/aromatic N) is 2. The summed E-state index contributed by atoms with van der Waals surface area (Å²) in [5, 5.41) is 1.60. The molecule has 0 aliphatic rings. The van der Waals surface area contributed by atoms with Gasteiger partial charge in [-0.3, -0.25) is 4.57 Å². The van der Waals surface area contributed by atoms with Crippen LogP contribution in [0.4, 0.5) is 0 Å². The number of H-pyrrole nitrogens is 1. The molecular weight excluding hydrogens is 449 g/mol. The van der Waals surface area contributed by atoms with Gasteiger partial charge >= 0.3 is 7.60 Å². The van der Waals surface area contributed by atoms with Crippen LogP contribution in [0.25, 0.3) is 33.1 Å². The summed E-state index contributed by atoms with van der Waals surface area (Å²) in [6.07, 6.45) is 2.01. The lowest BCUT2D eigenvalue weighted by Crippen LogP contribution is -2.08. The van der Waals surface area contributed by atoms with Crippen molar-refractivity contribution >= 4 is 46.4 Å². The van der Waals surface area contributed by atoms with Gasteiger partial charge in [0.15, 0.2) is 0 Å². The predicted octanol–water partition coefficient (Wildman–Crippen LogP) is 5.28. The van der Waals surface area contributed by atoms with Gasteiger partial charge in [0, 0.05) is 29.7 Å². The van der Waals surface area contributed by atoms with Crippen LogP contribution in [-0.4, -0.2) is 24.3 Å². The fourth-order valence-corrected chi connectivity index (χ4v) is 4.90. The molecule has 2 heterocycles. The largest absolute Gasteiger partial charge is 0.426 e. The van der Waals surface area contributed by atoms with E-state index in [9.17, 15) is 14.4 Å². The molecular formula is C23H19ClN3O4P. The lowest BCUT2D eigenvalue weighted by Gasteiger charge is -2.09. The van der Waals surface area contributed by atoms with Crippen LogP contribution in [0, 0.1) is 6.92 Å². The Morgan fingerprint density at radius 2 is 1.91 bits per heavy atom. The number of hydrogen-bond acceptors (Lipinski definition) is 3. The molecule has 0 saturated carbocycles. The molecule has 0 bridgehead atoms. The standard InChI is InChI=1S/C23H19ClN3O4P/c1-13-3-5-16(10-22(13)32(28,29)30)31-23-25-19-11-17(18(24)12-20(19)26-23)14-4-6-21-15(9-14)7-8-27(21)2/h3-12H,1-2H3,(H,25,26)(H2,28,29,30). The van der Waals surface area contributed by atoms with E-state index in [4.69, 9.17) is 16.3 Å². The van der Waals surface area contributed by atoms with E-state index in [-0.39, 0.29) is 17.1 Å². The van der Waals surface area contributed by atoms with Gasteiger partial charge in [0.1, 0.15) is 5.75 Å². The second-order valence-electron chi connectivity index (χ2n) is 7.69. The highest BCUT2D eigenvalue weighted by Crippen LogP contribution is 2.37. The van der Waals surface area contributed by atoms with Crippen molar-refractivity contribution < 1.29 is 19.1 Å². The van der Waals surface area contributed by atoms with Crippen molar-refractivity contribution in [2.24, 2.45) is 7.05 Å². The van der Waals surface area contributed by atoms with E-state index in [1.165, 1.54) is 6.07 Å². The Bertz CT molecular complexity index is 1550. The molecule has 7 nitrogen and oxygen atoms in total. The van der Waals surface area contributed by atoms with Gasteiger partial charge in [-0.05, 0) is 60.5 Å². The Morgan fingerprint density at radius 1 is 1.09 bits per heavy atom. The molecule has 3 aromatic carbocycles. The normalized spacial score (nSPS) is 12.0. The number of rotatable bonds is 4. The van der Waals surface area contributed by atoms with E-state index < -0.39 is 7.60 Å². The first-order valence-electron chi connectivity index (χ1n) is 9.78. The second kappa shape index (κ2) is 7.50. The molecule has 0 radical (unpaired) electrons. The summed E-state index contributed by atoms with van der Waals surface area (Å²) in [5.74, 6) is 0.272. The highest BCUT2D eigenvalue weighted by molar-refractivity contribution is 7.60. The number of imidazole rings is 1. The molecule has 0 atom stereocenters. The fourth-order valence-electron chi connectivity index (χ4n) is 3.80. The number of hydrogen-bond donors (Lipinski definition) is 3. The Kier molecular flexibility index (Phi) is 4.87. The van der Waals surface area contributed by atoms with E-state index in [2.05, 4.69) is 32.7 Å². The van der Waals surface area contributed by atoms with Crippen LogP contribution in [0.15, 0.2) is 60.8 Å². The van der Waals surface area contributed by atoms with Crippen molar-refractivity contribution in [2.45, 2.75) is 6.92 Å².